The third-order valence-corrected chi connectivity index (χ3v) is 6.12. The molecule has 164 valence electrons. The van der Waals surface area contributed by atoms with Gasteiger partial charge in [-0.3, -0.25) is 4.98 Å². The minimum absolute atomic E-state index is 0.697. The van der Waals surface area contributed by atoms with Crippen molar-refractivity contribution in [1.82, 2.24) is 9.88 Å². The van der Waals surface area contributed by atoms with Crippen LogP contribution in [-0.4, -0.2) is 63.0 Å². The highest BCUT2D eigenvalue weighted by Crippen LogP contribution is 2.39. The Hall–Kier alpha value is -2.05. The van der Waals surface area contributed by atoms with Crippen LogP contribution in [0.15, 0.2) is 12.1 Å². The van der Waals surface area contributed by atoms with E-state index < -0.39 is 0 Å². The lowest BCUT2D eigenvalue weighted by Gasteiger charge is -2.18. The van der Waals surface area contributed by atoms with Gasteiger partial charge in [-0.05, 0) is 70.2 Å². The molecule has 1 aromatic carbocycles. The number of likely N-dealkylation sites (tertiary alicyclic amines) is 1. The molecule has 2 aliphatic rings. The quantitative estimate of drug-likeness (QED) is 0.561. The molecule has 1 N–H and O–H groups in total. The van der Waals surface area contributed by atoms with E-state index in [1.807, 2.05) is 6.92 Å². The topological polar surface area (TPSA) is 55.8 Å². The highest BCUT2D eigenvalue weighted by atomic mass is 16.5. The number of anilines is 1. The van der Waals surface area contributed by atoms with Crippen LogP contribution in [0.2, 0.25) is 0 Å². The monoisotopic (exact) mass is 413 g/mol. The number of nitrogens with one attached hydrogen (secondary N) is 1. The van der Waals surface area contributed by atoms with Gasteiger partial charge < -0.3 is 24.4 Å². The zero-order chi connectivity index (χ0) is 20.8. The highest BCUT2D eigenvalue weighted by molar-refractivity contribution is 5.96. The fourth-order valence-corrected chi connectivity index (χ4v) is 4.61. The molecule has 0 atom stereocenters. The molecule has 4 rings (SSSR count). The molecule has 1 aliphatic heterocycles. The summed E-state index contributed by atoms with van der Waals surface area (Å²) in [6.07, 6.45) is 6.97. The van der Waals surface area contributed by atoms with Crippen LogP contribution in [0, 0.1) is 0 Å². The number of benzene rings is 1. The van der Waals surface area contributed by atoms with Crippen LogP contribution in [0.1, 0.15) is 43.9 Å². The summed E-state index contributed by atoms with van der Waals surface area (Å²) < 4.78 is 17.3. The van der Waals surface area contributed by atoms with Crippen LogP contribution >= 0.6 is 0 Å². The Morgan fingerprint density at radius 2 is 1.93 bits per heavy atom. The second kappa shape index (κ2) is 10.3. The smallest absolute Gasteiger partial charge is 0.163 e. The molecular weight excluding hydrogens is 378 g/mol. The van der Waals surface area contributed by atoms with E-state index in [9.17, 15) is 0 Å². The number of hydrogen-bond acceptors (Lipinski definition) is 6. The van der Waals surface area contributed by atoms with Crippen molar-refractivity contribution in [3.8, 4) is 11.5 Å². The first kappa shape index (κ1) is 21.2. The minimum Gasteiger partial charge on any atom is -0.493 e. The van der Waals surface area contributed by atoms with Gasteiger partial charge >= 0.3 is 0 Å². The molecule has 6 nitrogen and oxygen atoms in total. The number of nitrogens with zero attached hydrogens (tertiary/aromatic N) is 2. The second-order valence-electron chi connectivity index (χ2n) is 8.16. The van der Waals surface area contributed by atoms with E-state index in [-0.39, 0.29) is 0 Å². The van der Waals surface area contributed by atoms with Crippen LogP contribution in [0.25, 0.3) is 10.9 Å². The molecule has 0 spiro atoms. The summed E-state index contributed by atoms with van der Waals surface area (Å²) in [6.45, 7) is 8.51. The Labute approximate surface area is 179 Å². The molecule has 1 aliphatic carbocycles. The van der Waals surface area contributed by atoms with Gasteiger partial charge in [0, 0.05) is 42.5 Å². The van der Waals surface area contributed by atoms with Crippen molar-refractivity contribution >= 4 is 16.6 Å². The summed E-state index contributed by atoms with van der Waals surface area (Å²) in [5.41, 5.74) is 4.72. The van der Waals surface area contributed by atoms with E-state index >= 15 is 0 Å². The summed E-state index contributed by atoms with van der Waals surface area (Å²) >= 11 is 0. The molecular formula is C24H35N3O3. The average molecular weight is 414 g/mol. The van der Waals surface area contributed by atoms with Gasteiger partial charge in [-0.25, -0.2) is 0 Å². The summed E-state index contributed by atoms with van der Waals surface area (Å²) in [6, 6.07) is 4.14. The third kappa shape index (κ3) is 4.81. The Kier molecular flexibility index (Phi) is 7.28. The first-order valence-electron chi connectivity index (χ1n) is 11.5. The van der Waals surface area contributed by atoms with Crippen molar-refractivity contribution in [2.45, 2.75) is 45.4 Å². The molecule has 0 bridgehead atoms. The van der Waals surface area contributed by atoms with E-state index in [1.165, 1.54) is 42.9 Å². The molecule has 1 aromatic heterocycles. The minimum atomic E-state index is 0.697. The summed E-state index contributed by atoms with van der Waals surface area (Å²) in [5.74, 6) is 1.56. The average Bonchev–Trinajstić information content (AvgIpc) is 3.45. The van der Waals surface area contributed by atoms with Gasteiger partial charge in [0.15, 0.2) is 11.5 Å². The number of methoxy groups -OCH3 is 1. The van der Waals surface area contributed by atoms with E-state index in [0.29, 0.717) is 13.2 Å². The molecule has 0 unspecified atom stereocenters. The highest BCUT2D eigenvalue weighted by Gasteiger charge is 2.21. The standard InChI is InChI=1S/C24H35N3O3/c1-3-29-15-10-25-24-18-8-6-9-20(18)26-21-17-23(22(28-2)16-19(21)24)30-14-7-13-27-11-4-5-12-27/h16-17H,3-15H2,1-2H3,(H,25,26). The number of pyridine rings is 1. The van der Waals surface area contributed by atoms with Gasteiger partial charge in [0.05, 0.1) is 25.8 Å². The zero-order valence-corrected chi connectivity index (χ0v) is 18.5. The van der Waals surface area contributed by atoms with Crippen molar-refractivity contribution in [2.75, 3.05) is 58.4 Å². The van der Waals surface area contributed by atoms with E-state index in [1.54, 1.807) is 7.11 Å². The van der Waals surface area contributed by atoms with Crippen molar-refractivity contribution < 1.29 is 14.2 Å². The first-order valence-corrected chi connectivity index (χ1v) is 11.5. The summed E-state index contributed by atoms with van der Waals surface area (Å²) in [5, 5.41) is 4.72. The first-order chi connectivity index (χ1) is 14.8. The van der Waals surface area contributed by atoms with E-state index in [0.717, 1.165) is 67.8 Å². The number of aryl methyl sites for hydroxylation is 1. The van der Waals surface area contributed by atoms with Gasteiger partial charge in [0.25, 0.3) is 0 Å². The van der Waals surface area contributed by atoms with Crippen molar-refractivity contribution in [1.29, 1.82) is 0 Å². The van der Waals surface area contributed by atoms with Gasteiger partial charge in [0.1, 0.15) is 0 Å². The maximum Gasteiger partial charge on any atom is 0.163 e. The molecule has 0 saturated carbocycles. The zero-order valence-electron chi connectivity index (χ0n) is 18.5. The lowest BCUT2D eigenvalue weighted by Crippen LogP contribution is -2.21. The van der Waals surface area contributed by atoms with Crippen LogP contribution in [0.5, 0.6) is 11.5 Å². The molecule has 1 saturated heterocycles. The maximum atomic E-state index is 6.14. The van der Waals surface area contributed by atoms with Gasteiger partial charge in [0.2, 0.25) is 0 Å². The molecule has 0 radical (unpaired) electrons. The number of hydrogen-bond donors (Lipinski definition) is 1. The lowest BCUT2D eigenvalue weighted by molar-refractivity contribution is 0.158. The molecule has 1 fully saturated rings. The predicted molar refractivity (Wildman–Crippen MR) is 121 cm³/mol. The number of aromatic nitrogens is 1. The second-order valence-corrected chi connectivity index (χ2v) is 8.16. The number of fused-ring (bicyclic) bond motifs is 2. The summed E-state index contributed by atoms with van der Waals surface area (Å²) in [7, 11) is 1.71. The molecule has 2 aromatic rings. The third-order valence-electron chi connectivity index (χ3n) is 6.12. The normalized spacial score (nSPS) is 16.2. The Bertz CT molecular complexity index is 849. The maximum absolute atomic E-state index is 6.14. The van der Waals surface area contributed by atoms with Crippen LogP contribution in [-0.2, 0) is 17.6 Å². The SMILES string of the molecule is CCOCCNc1c2c(nc3cc(OCCCN4CCCC4)c(OC)cc13)CCC2. The van der Waals surface area contributed by atoms with E-state index in [4.69, 9.17) is 19.2 Å². The molecule has 0 amide bonds. The lowest BCUT2D eigenvalue weighted by atomic mass is 10.1. The van der Waals surface area contributed by atoms with Crippen molar-refractivity contribution in [3.63, 3.8) is 0 Å². The van der Waals surface area contributed by atoms with Gasteiger partial charge in [-0.2, -0.15) is 0 Å². The molecule has 2 heterocycles. The van der Waals surface area contributed by atoms with Crippen LogP contribution in [0.3, 0.4) is 0 Å². The van der Waals surface area contributed by atoms with Gasteiger partial charge in [-0.15, -0.1) is 0 Å². The van der Waals surface area contributed by atoms with E-state index in [2.05, 4.69) is 22.3 Å². The fourth-order valence-electron chi connectivity index (χ4n) is 4.61. The Morgan fingerprint density at radius 3 is 2.73 bits per heavy atom. The molecule has 30 heavy (non-hydrogen) atoms. The summed E-state index contributed by atoms with van der Waals surface area (Å²) in [4.78, 5) is 7.49. The van der Waals surface area contributed by atoms with Crippen molar-refractivity contribution in [3.05, 3.63) is 23.4 Å². The Morgan fingerprint density at radius 1 is 1.07 bits per heavy atom. The fraction of sp³-hybridized carbons (Fsp3) is 0.625. The Balaban J connectivity index is 1.53. The number of ether oxygens (including phenoxy) is 3. The van der Waals surface area contributed by atoms with Crippen LogP contribution < -0.4 is 14.8 Å². The largest absolute Gasteiger partial charge is 0.493 e. The van der Waals surface area contributed by atoms with Gasteiger partial charge in [-0.1, -0.05) is 0 Å². The predicted octanol–water partition coefficient (Wildman–Crippen LogP) is 4.05. The van der Waals surface area contributed by atoms with Crippen LogP contribution in [0.4, 0.5) is 5.69 Å². The number of rotatable bonds is 11. The molecule has 6 heteroatoms. The van der Waals surface area contributed by atoms with Crippen molar-refractivity contribution in [2.24, 2.45) is 0 Å².